The molecule has 3 heterocycles. The molecule has 90 valence electrons. The Morgan fingerprint density at radius 1 is 1.17 bits per heavy atom. The van der Waals surface area contributed by atoms with Crippen LogP contribution in [0.3, 0.4) is 0 Å². The molecular weight excluding hydrogens is 242 g/mol. The number of carbonyl (C=O) groups is 1. The van der Waals surface area contributed by atoms with Crippen LogP contribution in [0.2, 0.25) is 0 Å². The largest absolute Gasteiger partial charge is 0.324 e. The first-order valence-corrected chi connectivity index (χ1v) is 7.17. The average Bonchev–Trinajstić information content (AvgIpc) is 3.09. The van der Waals surface area contributed by atoms with Gasteiger partial charge in [0.15, 0.2) is 0 Å². The van der Waals surface area contributed by atoms with E-state index in [-0.39, 0.29) is 11.4 Å². The molecule has 2 aromatic rings. The summed E-state index contributed by atoms with van der Waals surface area (Å²) in [6, 6.07) is 12.3. The second kappa shape index (κ2) is 3.45. The molecule has 4 rings (SSSR count). The van der Waals surface area contributed by atoms with Gasteiger partial charge in [-0.1, -0.05) is 24.3 Å². The summed E-state index contributed by atoms with van der Waals surface area (Å²) in [5.74, 6) is 0.205. The van der Waals surface area contributed by atoms with Gasteiger partial charge in [-0.2, -0.15) is 0 Å². The molecule has 3 heteroatoms. The molecule has 0 saturated carbocycles. The van der Waals surface area contributed by atoms with Crippen molar-refractivity contribution in [3.63, 3.8) is 0 Å². The Morgan fingerprint density at radius 3 is 2.89 bits per heavy atom. The smallest absolute Gasteiger partial charge is 0.255 e. The predicted octanol–water partition coefficient (Wildman–Crippen LogP) is 3.24. The van der Waals surface area contributed by atoms with Gasteiger partial charge in [0.25, 0.3) is 5.91 Å². The van der Waals surface area contributed by atoms with Crippen molar-refractivity contribution < 1.29 is 4.79 Å². The summed E-state index contributed by atoms with van der Waals surface area (Å²) in [5.41, 5.74) is 1.93. The minimum atomic E-state index is -0.165. The summed E-state index contributed by atoms with van der Waals surface area (Å²) in [5, 5.41) is 2.10. The molecule has 1 atom stereocenters. The summed E-state index contributed by atoms with van der Waals surface area (Å²) in [6.07, 6.45) is 2.15. The third-order valence-electron chi connectivity index (χ3n) is 4.16. The van der Waals surface area contributed by atoms with Crippen LogP contribution in [0.4, 0.5) is 0 Å². The van der Waals surface area contributed by atoms with Gasteiger partial charge in [0.1, 0.15) is 5.54 Å². The number of benzene rings is 1. The number of fused-ring (bicyclic) bond motifs is 3. The van der Waals surface area contributed by atoms with E-state index in [0.717, 1.165) is 24.9 Å². The zero-order valence-electron chi connectivity index (χ0n) is 9.93. The normalized spacial score (nSPS) is 25.3. The Labute approximate surface area is 110 Å². The summed E-state index contributed by atoms with van der Waals surface area (Å²) >= 11 is 1.76. The van der Waals surface area contributed by atoms with Crippen LogP contribution in [0, 0.1) is 0 Å². The van der Waals surface area contributed by atoms with Crippen molar-refractivity contribution in [1.82, 2.24) is 4.90 Å². The lowest BCUT2D eigenvalue weighted by atomic mass is 9.86. The quantitative estimate of drug-likeness (QED) is 0.766. The van der Waals surface area contributed by atoms with Gasteiger partial charge in [-0.3, -0.25) is 4.79 Å². The molecule has 0 aliphatic carbocycles. The van der Waals surface area contributed by atoms with Gasteiger partial charge < -0.3 is 4.90 Å². The molecule has 1 aromatic heterocycles. The van der Waals surface area contributed by atoms with E-state index in [9.17, 15) is 4.79 Å². The molecule has 0 radical (unpaired) electrons. The number of thiophene rings is 1. The maximum Gasteiger partial charge on any atom is 0.255 e. The molecule has 1 saturated heterocycles. The van der Waals surface area contributed by atoms with E-state index in [4.69, 9.17) is 0 Å². The number of rotatable bonds is 1. The second-order valence-corrected chi connectivity index (χ2v) is 5.89. The number of nitrogens with zero attached hydrogens (tertiary/aromatic N) is 1. The van der Waals surface area contributed by atoms with Crippen molar-refractivity contribution in [3.8, 4) is 0 Å². The van der Waals surface area contributed by atoms with Crippen LogP contribution in [0.1, 0.15) is 33.6 Å². The van der Waals surface area contributed by atoms with Gasteiger partial charge in [-0.25, -0.2) is 0 Å². The lowest BCUT2D eigenvalue weighted by Gasteiger charge is -2.32. The first kappa shape index (κ1) is 10.3. The van der Waals surface area contributed by atoms with Crippen LogP contribution in [0.25, 0.3) is 0 Å². The van der Waals surface area contributed by atoms with Crippen LogP contribution < -0.4 is 0 Å². The lowest BCUT2D eigenvalue weighted by Crippen LogP contribution is -2.38. The van der Waals surface area contributed by atoms with Crippen molar-refractivity contribution in [2.24, 2.45) is 0 Å². The fourth-order valence-electron chi connectivity index (χ4n) is 3.45. The van der Waals surface area contributed by atoms with Crippen LogP contribution >= 0.6 is 11.3 Å². The molecule has 1 aromatic carbocycles. The predicted molar refractivity (Wildman–Crippen MR) is 71.8 cm³/mol. The molecule has 0 bridgehead atoms. The van der Waals surface area contributed by atoms with Crippen LogP contribution in [0.15, 0.2) is 41.8 Å². The zero-order valence-corrected chi connectivity index (χ0v) is 10.7. The van der Waals surface area contributed by atoms with Crippen LogP contribution in [-0.4, -0.2) is 17.4 Å². The Morgan fingerprint density at radius 2 is 2.06 bits per heavy atom. The van der Waals surface area contributed by atoms with Crippen molar-refractivity contribution in [2.75, 3.05) is 6.54 Å². The van der Waals surface area contributed by atoms with Crippen molar-refractivity contribution >= 4 is 17.2 Å². The Balaban J connectivity index is 2.03. The second-order valence-electron chi connectivity index (χ2n) is 4.94. The van der Waals surface area contributed by atoms with Crippen molar-refractivity contribution in [1.29, 1.82) is 0 Å². The highest BCUT2D eigenvalue weighted by atomic mass is 32.1. The topological polar surface area (TPSA) is 20.3 Å². The van der Waals surface area contributed by atoms with E-state index < -0.39 is 0 Å². The number of carbonyl (C=O) groups excluding carboxylic acids is 1. The Kier molecular flexibility index (Phi) is 1.98. The SMILES string of the molecule is O=C1c2ccccc2C2(c3cccs3)CCCN12. The number of hydrogen-bond donors (Lipinski definition) is 0. The molecule has 2 aliphatic heterocycles. The van der Waals surface area contributed by atoms with Crippen molar-refractivity contribution in [3.05, 3.63) is 57.8 Å². The third-order valence-corrected chi connectivity index (χ3v) is 5.18. The molecule has 0 N–H and O–H groups in total. The van der Waals surface area contributed by atoms with Gasteiger partial charge >= 0.3 is 0 Å². The number of amides is 1. The first-order valence-electron chi connectivity index (χ1n) is 6.29. The minimum absolute atomic E-state index is 0.165. The summed E-state index contributed by atoms with van der Waals surface area (Å²) in [4.78, 5) is 15.9. The maximum atomic E-state index is 12.5. The maximum absolute atomic E-state index is 12.5. The lowest BCUT2D eigenvalue weighted by molar-refractivity contribution is 0.0715. The van der Waals surface area contributed by atoms with Crippen LogP contribution in [0.5, 0.6) is 0 Å². The highest BCUT2D eigenvalue weighted by Gasteiger charge is 2.53. The highest BCUT2D eigenvalue weighted by molar-refractivity contribution is 7.10. The first-order chi connectivity index (χ1) is 8.84. The van der Waals surface area contributed by atoms with E-state index >= 15 is 0 Å². The van der Waals surface area contributed by atoms with Gasteiger partial charge in [-0.15, -0.1) is 11.3 Å². The Bertz CT molecular complexity index is 619. The monoisotopic (exact) mass is 255 g/mol. The average molecular weight is 255 g/mol. The van der Waals surface area contributed by atoms with E-state index in [2.05, 4.69) is 28.5 Å². The molecule has 18 heavy (non-hydrogen) atoms. The highest BCUT2D eigenvalue weighted by Crippen LogP contribution is 2.51. The van der Waals surface area contributed by atoms with Gasteiger partial charge in [-0.05, 0) is 35.9 Å². The summed E-state index contributed by atoms with van der Waals surface area (Å²) in [7, 11) is 0. The van der Waals surface area contributed by atoms with Gasteiger partial charge in [0, 0.05) is 17.0 Å². The fourth-order valence-corrected chi connectivity index (χ4v) is 4.43. The van der Waals surface area contributed by atoms with Gasteiger partial charge in [0.2, 0.25) is 0 Å². The summed E-state index contributed by atoms with van der Waals surface area (Å²) < 4.78 is 0. The molecule has 0 spiro atoms. The Hall–Kier alpha value is -1.61. The van der Waals surface area contributed by atoms with Crippen LogP contribution in [-0.2, 0) is 5.54 Å². The van der Waals surface area contributed by atoms with E-state index in [1.165, 1.54) is 10.4 Å². The zero-order chi connectivity index (χ0) is 12.2. The molecule has 2 aliphatic rings. The van der Waals surface area contributed by atoms with Gasteiger partial charge in [0.05, 0.1) is 0 Å². The summed E-state index contributed by atoms with van der Waals surface area (Å²) in [6.45, 7) is 0.880. The molecule has 1 fully saturated rings. The number of hydrogen-bond acceptors (Lipinski definition) is 2. The molecule has 2 nitrogen and oxygen atoms in total. The fraction of sp³-hybridized carbons (Fsp3) is 0.267. The van der Waals surface area contributed by atoms with Crippen molar-refractivity contribution in [2.45, 2.75) is 18.4 Å². The molecule has 1 amide bonds. The standard InChI is InChI=1S/C15H13NOS/c17-14-11-5-1-2-6-12(11)15(8-4-9-16(14)15)13-7-3-10-18-13/h1-3,5-7,10H,4,8-9H2. The van der Waals surface area contributed by atoms with E-state index in [0.29, 0.717) is 0 Å². The molecular formula is C15H13NOS. The minimum Gasteiger partial charge on any atom is -0.324 e. The van der Waals surface area contributed by atoms with E-state index in [1.807, 2.05) is 18.2 Å². The molecule has 1 unspecified atom stereocenters. The third kappa shape index (κ3) is 1.06. The van der Waals surface area contributed by atoms with E-state index in [1.54, 1.807) is 11.3 Å².